The minimum absolute atomic E-state index is 0.450. The molecule has 17 heavy (non-hydrogen) atoms. The van der Waals surface area contributed by atoms with Crippen LogP contribution in [0.3, 0.4) is 0 Å². The van der Waals surface area contributed by atoms with Crippen LogP contribution in [0.25, 0.3) is 0 Å². The average molecular weight is 255 g/mol. The summed E-state index contributed by atoms with van der Waals surface area (Å²) >= 11 is 0. The standard InChI is InChI=1S/C11H17N3O2S/c1-11(2,3)17(15,16)14-5-4-9-10(14)6-8(12)7-13-9/h6-7H,4-5,12H2,1-3H3. The van der Waals surface area contributed by atoms with Crippen molar-refractivity contribution in [2.75, 3.05) is 16.6 Å². The van der Waals surface area contributed by atoms with Crippen LogP contribution in [0, 0.1) is 0 Å². The van der Waals surface area contributed by atoms with E-state index in [0.29, 0.717) is 24.3 Å². The molecule has 0 unspecified atom stereocenters. The van der Waals surface area contributed by atoms with Crippen LogP contribution < -0.4 is 10.0 Å². The van der Waals surface area contributed by atoms with Gasteiger partial charge in [0.1, 0.15) is 0 Å². The zero-order valence-electron chi connectivity index (χ0n) is 10.3. The Morgan fingerprint density at radius 3 is 2.65 bits per heavy atom. The van der Waals surface area contributed by atoms with Crippen LogP contribution in [-0.2, 0) is 16.4 Å². The summed E-state index contributed by atoms with van der Waals surface area (Å²) in [4.78, 5) is 4.17. The van der Waals surface area contributed by atoms with Crippen LogP contribution in [0.2, 0.25) is 0 Å². The molecule has 5 nitrogen and oxygen atoms in total. The predicted molar refractivity (Wildman–Crippen MR) is 68.4 cm³/mol. The number of sulfonamides is 1. The average Bonchev–Trinajstić information content (AvgIpc) is 2.58. The van der Waals surface area contributed by atoms with Gasteiger partial charge in [-0.2, -0.15) is 0 Å². The van der Waals surface area contributed by atoms with E-state index in [4.69, 9.17) is 5.73 Å². The van der Waals surface area contributed by atoms with Gasteiger partial charge in [-0.15, -0.1) is 0 Å². The van der Waals surface area contributed by atoms with E-state index in [0.717, 1.165) is 5.69 Å². The van der Waals surface area contributed by atoms with E-state index in [2.05, 4.69) is 4.98 Å². The maximum Gasteiger partial charge on any atom is 0.240 e. The molecular formula is C11H17N3O2S. The predicted octanol–water partition coefficient (Wildman–Crippen LogP) is 1.15. The monoisotopic (exact) mass is 255 g/mol. The van der Waals surface area contributed by atoms with Crippen LogP contribution >= 0.6 is 0 Å². The van der Waals surface area contributed by atoms with Gasteiger partial charge in [0.05, 0.1) is 28.0 Å². The van der Waals surface area contributed by atoms with Gasteiger partial charge >= 0.3 is 0 Å². The SMILES string of the molecule is CC(C)(C)S(=O)(=O)N1CCc2ncc(N)cc21. The van der Waals surface area contributed by atoms with Gasteiger partial charge in [-0.3, -0.25) is 9.29 Å². The largest absolute Gasteiger partial charge is 0.397 e. The molecule has 0 bridgehead atoms. The number of nitrogen functional groups attached to an aromatic ring is 1. The van der Waals surface area contributed by atoms with Crippen LogP contribution in [0.15, 0.2) is 12.3 Å². The van der Waals surface area contributed by atoms with Crippen molar-refractivity contribution < 1.29 is 8.42 Å². The first kappa shape index (κ1) is 12.2. The van der Waals surface area contributed by atoms with Gasteiger partial charge in [0.25, 0.3) is 0 Å². The summed E-state index contributed by atoms with van der Waals surface area (Å²) in [7, 11) is -3.37. The molecule has 1 aliphatic heterocycles. The highest BCUT2D eigenvalue weighted by atomic mass is 32.2. The molecule has 2 N–H and O–H groups in total. The third-order valence-corrected chi connectivity index (χ3v) is 5.36. The van der Waals surface area contributed by atoms with Gasteiger partial charge in [0, 0.05) is 13.0 Å². The lowest BCUT2D eigenvalue weighted by Crippen LogP contribution is -2.42. The number of fused-ring (bicyclic) bond motifs is 1. The molecule has 0 spiro atoms. The van der Waals surface area contributed by atoms with Crippen LogP contribution in [0.4, 0.5) is 11.4 Å². The molecule has 0 radical (unpaired) electrons. The number of hydrogen-bond donors (Lipinski definition) is 1. The number of pyridine rings is 1. The van der Waals surface area contributed by atoms with Gasteiger partial charge in [-0.05, 0) is 26.8 Å². The maximum absolute atomic E-state index is 12.4. The smallest absolute Gasteiger partial charge is 0.240 e. The second kappa shape index (κ2) is 3.60. The van der Waals surface area contributed by atoms with Crippen molar-refractivity contribution in [2.45, 2.75) is 31.9 Å². The highest BCUT2D eigenvalue weighted by molar-refractivity contribution is 7.94. The topological polar surface area (TPSA) is 76.3 Å². The molecule has 0 aromatic carbocycles. The van der Waals surface area contributed by atoms with Crippen molar-refractivity contribution in [3.05, 3.63) is 18.0 Å². The molecule has 0 aliphatic carbocycles. The fraction of sp³-hybridized carbons (Fsp3) is 0.545. The van der Waals surface area contributed by atoms with Crippen molar-refractivity contribution in [3.63, 3.8) is 0 Å². The number of anilines is 2. The third-order valence-electron chi connectivity index (χ3n) is 2.85. The van der Waals surface area contributed by atoms with E-state index in [1.54, 1.807) is 33.0 Å². The van der Waals surface area contributed by atoms with E-state index in [-0.39, 0.29) is 0 Å². The minimum atomic E-state index is -3.37. The van der Waals surface area contributed by atoms with Crippen LogP contribution in [-0.4, -0.2) is 24.7 Å². The third kappa shape index (κ3) is 1.86. The lowest BCUT2D eigenvalue weighted by molar-refractivity contribution is 0.556. The summed E-state index contributed by atoms with van der Waals surface area (Å²) in [6.45, 7) is 5.53. The summed E-state index contributed by atoms with van der Waals surface area (Å²) in [5.74, 6) is 0. The fourth-order valence-electron chi connectivity index (χ4n) is 1.81. The quantitative estimate of drug-likeness (QED) is 0.816. The number of aromatic nitrogens is 1. The molecule has 0 atom stereocenters. The number of hydrogen-bond acceptors (Lipinski definition) is 4. The van der Waals surface area contributed by atoms with E-state index in [1.807, 2.05) is 0 Å². The Bertz CT molecular complexity index is 546. The molecule has 1 aromatic heterocycles. The first-order valence-electron chi connectivity index (χ1n) is 5.50. The molecule has 0 amide bonds. The van der Waals surface area contributed by atoms with Crippen molar-refractivity contribution in [3.8, 4) is 0 Å². The molecule has 6 heteroatoms. The number of nitrogens with two attached hydrogens (primary N) is 1. The molecule has 0 saturated heterocycles. The Balaban J connectivity index is 2.51. The highest BCUT2D eigenvalue weighted by Gasteiger charge is 2.39. The number of rotatable bonds is 1. The molecule has 1 aliphatic rings. The van der Waals surface area contributed by atoms with Gasteiger partial charge in [-0.1, -0.05) is 0 Å². The van der Waals surface area contributed by atoms with Gasteiger partial charge in [0.15, 0.2) is 0 Å². The summed E-state index contributed by atoms with van der Waals surface area (Å²) in [6.07, 6.45) is 2.21. The molecule has 0 fully saturated rings. The van der Waals surface area contributed by atoms with Crippen molar-refractivity contribution in [1.82, 2.24) is 4.98 Å². The first-order valence-corrected chi connectivity index (χ1v) is 6.94. The van der Waals surface area contributed by atoms with Gasteiger partial charge in [0.2, 0.25) is 10.0 Å². The summed E-state index contributed by atoms with van der Waals surface area (Å²) in [5.41, 5.74) is 7.57. The lowest BCUT2D eigenvalue weighted by Gasteiger charge is -2.28. The molecule has 94 valence electrons. The first-order chi connectivity index (χ1) is 7.73. The normalized spacial score (nSPS) is 16.1. The molecule has 2 rings (SSSR count). The van der Waals surface area contributed by atoms with Crippen LogP contribution in [0.5, 0.6) is 0 Å². The Morgan fingerprint density at radius 1 is 1.41 bits per heavy atom. The Labute approximate surface area is 102 Å². The van der Waals surface area contributed by atoms with Crippen LogP contribution in [0.1, 0.15) is 26.5 Å². The molecule has 0 saturated carbocycles. The molecule has 1 aromatic rings. The fourth-order valence-corrected chi connectivity index (χ4v) is 3.22. The van der Waals surface area contributed by atoms with Crippen molar-refractivity contribution in [1.29, 1.82) is 0 Å². The van der Waals surface area contributed by atoms with Gasteiger partial charge < -0.3 is 5.73 Å². The molecular weight excluding hydrogens is 238 g/mol. The Hall–Kier alpha value is -1.30. The lowest BCUT2D eigenvalue weighted by atomic mass is 10.3. The van der Waals surface area contributed by atoms with Crippen molar-refractivity contribution >= 4 is 21.4 Å². The zero-order chi connectivity index (χ0) is 12.8. The second-order valence-electron chi connectivity index (χ2n) is 5.17. The summed E-state index contributed by atoms with van der Waals surface area (Å²) < 4.78 is 25.4. The minimum Gasteiger partial charge on any atom is -0.397 e. The maximum atomic E-state index is 12.4. The highest BCUT2D eigenvalue weighted by Crippen LogP contribution is 2.34. The van der Waals surface area contributed by atoms with E-state index < -0.39 is 14.8 Å². The van der Waals surface area contributed by atoms with E-state index in [1.165, 1.54) is 4.31 Å². The molecule has 2 heterocycles. The summed E-state index contributed by atoms with van der Waals surface area (Å²) in [5, 5.41) is 0. The van der Waals surface area contributed by atoms with Gasteiger partial charge in [-0.25, -0.2) is 8.42 Å². The number of nitrogens with zero attached hydrogens (tertiary/aromatic N) is 2. The Morgan fingerprint density at radius 2 is 2.06 bits per heavy atom. The Kier molecular flexibility index (Phi) is 2.57. The van der Waals surface area contributed by atoms with Crippen molar-refractivity contribution in [2.24, 2.45) is 0 Å². The van der Waals surface area contributed by atoms with E-state index >= 15 is 0 Å². The van der Waals surface area contributed by atoms with E-state index in [9.17, 15) is 8.42 Å². The second-order valence-corrected chi connectivity index (χ2v) is 7.79. The zero-order valence-corrected chi connectivity index (χ0v) is 11.1. The summed E-state index contributed by atoms with van der Waals surface area (Å²) in [6, 6.07) is 1.68.